The van der Waals surface area contributed by atoms with Gasteiger partial charge >= 0.3 is 0 Å². The molecule has 1 saturated heterocycles. The summed E-state index contributed by atoms with van der Waals surface area (Å²) in [6, 6.07) is 19.2. The van der Waals surface area contributed by atoms with Gasteiger partial charge in [0.2, 0.25) is 5.91 Å². The van der Waals surface area contributed by atoms with E-state index in [4.69, 9.17) is 0 Å². The molecule has 37 heavy (non-hydrogen) atoms. The summed E-state index contributed by atoms with van der Waals surface area (Å²) in [6.45, 7) is 2.67. The molecule has 1 saturated carbocycles. The van der Waals surface area contributed by atoms with E-state index < -0.39 is 14.6 Å². The van der Waals surface area contributed by atoms with Gasteiger partial charge < -0.3 is 4.90 Å². The van der Waals surface area contributed by atoms with Gasteiger partial charge in [-0.1, -0.05) is 42.5 Å². The molecule has 3 aliphatic rings. The number of piperazine rings is 1. The summed E-state index contributed by atoms with van der Waals surface area (Å²) in [6.07, 6.45) is 0.688. The number of sulfone groups is 1. The summed E-state index contributed by atoms with van der Waals surface area (Å²) in [7, 11) is -3.75. The third kappa shape index (κ3) is 3.76. The molecular formula is C28H27N3O5S. The lowest BCUT2D eigenvalue weighted by molar-refractivity contribution is -0.133. The number of hydrogen-bond acceptors (Lipinski definition) is 6. The number of benzene rings is 3. The Morgan fingerprint density at radius 2 is 1.35 bits per heavy atom. The molecule has 3 aromatic carbocycles. The smallest absolute Gasteiger partial charge is 0.261 e. The van der Waals surface area contributed by atoms with E-state index in [1.54, 1.807) is 47.4 Å². The highest BCUT2D eigenvalue weighted by Crippen LogP contribution is 2.48. The molecule has 2 heterocycles. The molecule has 0 radical (unpaired) electrons. The van der Waals surface area contributed by atoms with Crippen molar-refractivity contribution >= 4 is 38.3 Å². The standard InChI is InChI=1S/C28H27N3O5S/c32-25-22-10-4-6-20-7-5-11-23(24(20)22)26(33)31(25)19-16-29-14-17-30(18-15-29)27(34)28(12-13-28)37(35,36)21-8-2-1-3-9-21/h1-11H,12-19H2. The molecule has 2 aliphatic heterocycles. The molecule has 9 heteroatoms. The summed E-state index contributed by atoms with van der Waals surface area (Å²) in [5.74, 6) is -0.892. The van der Waals surface area contributed by atoms with Gasteiger partial charge in [-0.25, -0.2) is 8.42 Å². The molecule has 0 unspecified atom stereocenters. The summed E-state index contributed by atoms with van der Waals surface area (Å²) < 4.78 is 25.1. The third-order valence-corrected chi connectivity index (χ3v) is 10.3. The van der Waals surface area contributed by atoms with Crippen molar-refractivity contribution in [2.45, 2.75) is 22.5 Å². The first-order valence-electron chi connectivity index (χ1n) is 12.5. The van der Waals surface area contributed by atoms with Crippen LogP contribution in [0.1, 0.15) is 33.6 Å². The molecular weight excluding hydrogens is 490 g/mol. The lowest BCUT2D eigenvalue weighted by atomic mass is 9.94. The predicted octanol–water partition coefficient (Wildman–Crippen LogP) is 2.59. The molecule has 6 rings (SSSR count). The zero-order valence-electron chi connectivity index (χ0n) is 20.3. The predicted molar refractivity (Wildman–Crippen MR) is 138 cm³/mol. The number of rotatable bonds is 6. The SMILES string of the molecule is O=C1c2cccc3cccc(c23)C(=O)N1CCN1CCN(C(=O)C2(S(=O)(=O)c3ccccc3)CC2)CC1. The van der Waals surface area contributed by atoms with Crippen molar-refractivity contribution in [3.8, 4) is 0 Å². The van der Waals surface area contributed by atoms with E-state index in [-0.39, 0.29) is 29.2 Å². The van der Waals surface area contributed by atoms with E-state index in [0.29, 0.717) is 62.1 Å². The molecule has 8 nitrogen and oxygen atoms in total. The van der Waals surface area contributed by atoms with Gasteiger partial charge in [0.1, 0.15) is 0 Å². The Hall–Kier alpha value is -3.56. The maximum atomic E-state index is 13.3. The number of carbonyl (C=O) groups excluding carboxylic acids is 3. The van der Waals surface area contributed by atoms with Gasteiger partial charge in [-0.2, -0.15) is 0 Å². The Morgan fingerprint density at radius 1 is 0.757 bits per heavy atom. The van der Waals surface area contributed by atoms with Crippen molar-refractivity contribution in [3.05, 3.63) is 77.9 Å². The zero-order chi connectivity index (χ0) is 25.8. The van der Waals surface area contributed by atoms with E-state index in [1.807, 2.05) is 24.3 Å². The quantitative estimate of drug-likeness (QED) is 0.467. The minimum atomic E-state index is -3.75. The topological polar surface area (TPSA) is 95.1 Å². The summed E-state index contributed by atoms with van der Waals surface area (Å²) in [5.41, 5.74) is 1.08. The van der Waals surface area contributed by atoms with Crippen LogP contribution in [0, 0.1) is 0 Å². The summed E-state index contributed by atoms with van der Waals surface area (Å²) >= 11 is 0. The van der Waals surface area contributed by atoms with Crippen LogP contribution in [0.5, 0.6) is 0 Å². The number of nitrogens with zero attached hydrogens (tertiary/aromatic N) is 3. The van der Waals surface area contributed by atoms with Crippen LogP contribution in [0.2, 0.25) is 0 Å². The molecule has 190 valence electrons. The Labute approximate surface area is 215 Å². The van der Waals surface area contributed by atoms with E-state index in [2.05, 4.69) is 4.90 Å². The number of hydrogen-bond donors (Lipinski definition) is 0. The molecule has 0 atom stereocenters. The van der Waals surface area contributed by atoms with Gasteiger partial charge in [-0.3, -0.25) is 24.2 Å². The fourth-order valence-corrected chi connectivity index (χ4v) is 7.49. The number of imide groups is 1. The molecule has 3 amide bonds. The van der Waals surface area contributed by atoms with E-state index >= 15 is 0 Å². The van der Waals surface area contributed by atoms with Gasteiger partial charge in [0.15, 0.2) is 14.6 Å². The van der Waals surface area contributed by atoms with Crippen LogP contribution in [0.4, 0.5) is 0 Å². The highest BCUT2D eigenvalue weighted by atomic mass is 32.2. The van der Waals surface area contributed by atoms with Crippen molar-refractivity contribution < 1.29 is 22.8 Å². The molecule has 3 aromatic rings. The second-order valence-corrected chi connectivity index (χ2v) is 12.2. The van der Waals surface area contributed by atoms with Crippen molar-refractivity contribution in [1.82, 2.24) is 14.7 Å². The van der Waals surface area contributed by atoms with Crippen molar-refractivity contribution in [1.29, 1.82) is 0 Å². The largest absolute Gasteiger partial charge is 0.339 e. The summed E-state index contributed by atoms with van der Waals surface area (Å²) in [5, 5.41) is 1.59. The average molecular weight is 518 g/mol. The lowest BCUT2D eigenvalue weighted by Gasteiger charge is -2.37. The average Bonchev–Trinajstić information content (AvgIpc) is 3.75. The molecule has 0 spiro atoms. The number of carbonyl (C=O) groups is 3. The van der Waals surface area contributed by atoms with Gasteiger partial charge in [-0.15, -0.1) is 0 Å². The first-order chi connectivity index (χ1) is 17.8. The van der Waals surface area contributed by atoms with Crippen LogP contribution in [-0.4, -0.2) is 84.9 Å². The Bertz CT molecular complexity index is 1470. The van der Waals surface area contributed by atoms with E-state index in [9.17, 15) is 22.8 Å². The van der Waals surface area contributed by atoms with Crippen molar-refractivity contribution in [2.24, 2.45) is 0 Å². The normalized spacial score (nSPS) is 19.4. The van der Waals surface area contributed by atoms with Crippen molar-refractivity contribution in [3.63, 3.8) is 0 Å². The van der Waals surface area contributed by atoms with E-state index in [0.717, 1.165) is 5.39 Å². The number of amides is 3. The minimum absolute atomic E-state index is 0.188. The Kier molecular flexibility index (Phi) is 5.65. The van der Waals surface area contributed by atoms with Crippen LogP contribution >= 0.6 is 0 Å². The second-order valence-electron chi connectivity index (χ2n) is 9.92. The highest BCUT2D eigenvalue weighted by Gasteiger charge is 2.62. The van der Waals surface area contributed by atoms with Crippen LogP contribution in [0.15, 0.2) is 71.6 Å². The lowest BCUT2D eigenvalue weighted by Crippen LogP contribution is -2.55. The highest BCUT2D eigenvalue weighted by molar-refractivity contribution is 7.94. The van der Waals surface area contributed by atoms with Gasteiger partial charge in [0, 0.05) is 55.8 Å². The van der Waals surface area contributed by atoms with E-state index in [1.165, 1.54) is 4.90 Å². The van der Waals surface area contributed by atoms with Gasteiger partial charge in [0.05, 0.1) is 4.90 Å². The second kappa shape index (κ2) is 8.78. The molecule has 1 aliphatic carbocycles. The molecule has 2 fully saturated rings. The monoisotopic (exact) mass is 517 g/mol. The molecule has 0 bridgehead atoms. The minimum Gasteiger partial charge on any atom is -0.339 e. The van der Waals surface area contributed by atoms with Crippen LogP contribution < -0.4 is 0 Å². The first-order valence-corrected chi connectivity index (χ1v) is 14.0. The first kappa shape index (κ1) is 23.8. The zero-order valence-corrected chi connectivity index (χ0v) is 21.1. The maximum Gasteiger partial charge on any atom is 0.261 e. The Morgan fingerprint density at radius 3 is 1.92 bits per heavy atom. The maximum absolute atomic E-state index is 13.3. The van der Waals surface area contributed by atoms with Crippen molar-refractivity contribution in [2.75, 3.05) is 39.3 Å². The van der Waals surface area contributed by atoms with Crippen LogP contribution in [-0.2, 0) is 14.6 Å². The fourth-order valence-electron chi connectivity index (χ4n) is 5.52. The van der Waals surface area contributed by atoms with Crippen LogP contribution in [0.3, 0.4) is 0 Å². The van der Waals surface area contributed by atoms with Gasteiger partial charge in [-0.05, 0) is 42.5 Å². The third-order valence-electron chi connectivity index (χ3n) is 7.82. The fraction of sp³-hybridized carbons (Fsp3) is 0.321. The van der Waals surface area contributed by atoms with Crippen LogP contribution in [0.25, 0.3) is 10.8 Å². The van der Waals surface area contributed by atoms with Gasteiger partial charge in [0.25, 0.3) is 11.8 Å². The summed E-state index contributed by atoms with van der Waals surface area (Å²) in [4.78, 5) is 44.9. The Balaban J connectivity index is 1.09. The molecule has 0 aromatic heterocycles. The molecule has 0 N–H and O–H groups in total.